The number of benzene rings is 2. The summed E-state index contributed by atoms with van der Waals surface area (Å²) < 4.78 is 11.0. The molecule has 154 valence electrons. The average molecular weight is 400 g/mol. The zero-order valence-corrected chi connectivity index (χ0v) is 15.9. The largest absolute Gasteiger partial charge is 0.491 e. The standard InChI is InChI=1S/C21H24N2O6/c1-15(7-12-19(25)23-27)20(16-8-10-18(11-9-16)28-14-13-24)29-21(26)22-17-5-3-2-4-6-17/h2-12,15,20,24,27H,13-14H2,1H3,(H,22,26)(H,23,25)/b12-7+/t15-,20-/m0/s1. The Morgan fingerprint density at radius 2 is 1.79 bits per heavy atom. The van der Waals surface area contributed by atoms with Crippen molar-refractivity contribution < 1.29 is 29.4 Å². The molecule has 0 bridgehead atoms. The van der Waals surface area contributed by atoms with Gasteiger partial charge < -0.3 is 14.6 Å². The van der Waals surface area contributed by atoms with Gasteiger partial charge in [-0.3, -0.25) is 15.3 Å². The van der Waals surface area contributed by atoms with Crippen molar-refractivity contribution in [1.29, 1.82) is 0 Å². The lowest BCUT2D eigenvalue weighted by Gasteiger charge is -2.23. The predicted octanol–water partition coefficient (Wildman–Crippen LogP) is 3.05. The van der Waals surface area contributed by atoms with E-state index in [-0.39, 0.29) is 19.1 Å². The number of carbonyl (C=O) groups excluding carboxylic acids is 2. The van der Waals surface area contributed by atoms with Crippen LogP contribution in [0.4, 0.5) is 10.5 Å². The molecule has 0 unspecified atom stereocenters. The summed E-state index contributed by atoms with van der Waals surface area (Å²) in [6.45, 7) is 1.86. The predicted molar refractivity (Wildman–Crippen MR) is 107 cm³/mol. The third-order valence-corrected chi connectivity index (χ3v) is 3.96. The van der Waals surface area contributed by atoms with Crippen molar-refractivity contribution in [2.75, 3.05) is 18.5 Å². The van der Waals surface area contributed by atoms with Crippen molar-refractivity contribution in [1.82, 2.24) is 5.48 Å². The number of hydroxylamine groups is 1. The van der Waals surface area contributed by atoms with Gasteiger partial charge >= 0.3 is 6.09 Å². The quantitative estimate of drug-likeness (QED) is 0.292. The van der Waals surface area contributed by atoms with Crippen LogP contribution in [0.15, 0.2) is 66.7 Å². The van der Waals surface area contributed by atoms with Gasteiger partial charge in [0.2, 0.25) is 0 Å². The number of anilines is 1. The summed E-state index contributed by atoms with van der Waals surface area (Å²) in [5.74, 6) is -0.492. The molecule has 2 aromatic rings. The lowest BCUT2D eigenvalue weighted by molar-refractivity contribution is -0.124. The Kier molecular flexibility index (Phi) is 8.68. The number of hydrogen-bond acceptors (Lipinski definition) is 6. The molecule has 4 N–H and O–H groups in total. The molecule has 0 aliphatic heterocycles. The van der Waals surface area contributed by atoms with E-state index in [1.165, 1.54) is 11.6 Å². The molecule has 0 aliphatic carbocycles. The van der Waals surface area contributed by atoms with Gasteiger partial charge in [0.05, 0.1) is 6.61 Å². The lowest BCUT2D eigenvalue weighted by atomic mass is 9.96. The van der Waals surface area contributed by atoms with Crippen LogP contribution in [0.2, 0.25) is 0 Å². The number of aliphatic hydroxyl groups is 1. The van der Waals surface area contributed by atoms with Crippen LogP contribution in [0.3, 0.4) is 0 Å². The zero-order valence-electron chi connectivity index (χ0n) is 15.9. The second-order valence-electron chi connectivity index (χ2n) is 6.15. The molecule has 0 saturated heterocycles. The van der Waals surface area contributed by atoms with Crippen LogP contribution >= 0.6 is 0 Å². The maximum Gasteiger partial charge on any atom is 0.412 e. The third kappa shape index (κ3) is 7.28. The molecule has 2 rings (SSSR count). The summed E-state index contributed by atoms with van der Waals surface area (Å²) in [7, 11) is 0. The van der Waals surface area contributed by atoms with Crippen LogP contribution in [0.25, 0.3) is 0 Å². The fraction of sp³-hybridized carbons (Fsp3) is 0.238. The first-order valence-corrected chi connectivity index (χ1v) is 9.02. The van der Waals surface area contributed by atoms with E-state index in [1.54, 1.807) is 55.5 Å². The molecular formula is C21H24N2O6. The topological polar surface area (TPSA) is 117 Å². The Labute approximate surface area is 168 Å². The van der Waals surface area contributed by atoms with Crippen molar-refractivity contribution in [3.8, 4) is 5.75 Å². The summed E-state index contributed by atoms with van der Waals surface area (Å²) in [6, 6.07) is 15.8. The fourth-order valence-electron chi connectivity index (χ4n) is 2.56. The molecule has 0 spiro atoms. The van der Waals surface area contributed by atoms with Gasteiger partial charge in [0, 0.05) is 17.7 Å². The van der Waals surface area contributed by atoms with Gasteiger partial charge in [-0.1, -0.05) is 43.3 Å². The zero-order chi connectivity index (χ0) is 21.1. The van der Waals surface area contributed by atoms with E-state index in [1.807, 2.05) is 6.07 Å². The highest BCUT2D eigenvalue weighted by atomic mass is 16.6. The molecule has 2 atom stereocenters. The van der Waals surface area contributed by atoms with E-state index in [2.05, 4.69) is 5.32 Å². The summed E-state index contributed by atoms with van der Waals surface area (Å²) in [4.78, 5) is 23.7. The number of nitrogens with one attached hydrogen (secondary N) is 2. The average Bonchev–Trinajstić information content (AvgIpc) is 2.75. The van der Waals surface area contributed by atoms with Crippen molar-refractivity contribution in [3.05, 3.63) is 72.3 Å². The molecular weight excluding hydrogens is 376 g/mol. The highest BCUT2D eigenvalue weighted by molar-refractivity contribution is 5.86. The van der Waals surface area contributed by atoms with E-state index in [4.69, 9.17) is 19.8 Å². The van der Waals surface area contributed by atoms with Crippen LogP contribution in [0.5, 0.6) is 5.75 Å². The molecule has 2 aromatic carbocycles. The molecule has 0 radical (unpaired) electrons. The second kappa shape index (κ2) is 11.5. The van der Waals surface area contributed by atoms with Crippen molar-refractivity contribution in [2.45, 2.75) is 13.0 Å². The van der Waals surface area contributed by atoms with E-state index < -0.39 is 18.1 Å². The summed E-state index contributed by atoms with van der Waals surface area (Å²) >= 11 is 0. The SMILES string of the molecule is C[C@@H](/C=C/C(=O)NO)[C@H](OC(=O)Nc1ccccc1)c1ccc(OCCO)cc1. The first-order chi connectivity index (χ1) is 14.0. The Bertz CT molecular complexity index is 808. The van der Waals surface area contributed by atoms with Crippen LogP contribution in [0.1, 0.15) is 18.6 Å². The first-order valence-electron chi connectivity index (χ1n) is 9.02. The molecule has 0 fully saturated rings. The Morgan fingerprint density at radius 3 is 2.41 bits per heavy atom. The minimum atomic E-state index is -0.701. The van der Waals surface area contributed by atoms with E-state index in [9.17, 15) is 9.59 Å². The number of carbonyl (C=O) groups is 2. The second-order valence-corrected chi connectivity index (χ2v) is 6.15. The van der Waals surface area contributed by atoms with Gasteiger partial charge in [0.25, 0.3) is 5.91 Å². The van der Waals surface area contributed by atoms with Gasteiger partial charge in [-0.2, -0.15) is 0 Å². The van der Waals surface area contributed by atoms with Gasteiger partial charge in [-0.15, -0.1) is 0 Å². The maximum absolute atomic E-state index is 12.4. The highest BCUT2D eigenvalue weighted by Gasteiger charge is 2.22. The molecule has 0 aliphatic rings. The van der Waals surface area contributed by atoms with Crippen LogP contribution < -0.4 is 15.5 Å². The highest BCUT2D eigenvalue weighted by Crippen LogP contribution is 2.29. The number of aliphatic hydroxyl groups excluding tert-OH is 1. The van der Waals surface area contributed by atoms with E-state index in [0.717, 1.165) is 6.08 Å². The maximum atomic E-state index is 12.4. The smallest absolute Gasteiger partial charge is 0.412 e. The Morgan fingerprint density at radius 1 is 1.10 bits per heavy atom. The molecule has 8 nitrogen and oxygen atoms in total. The van der Waals surface area contributed by atoms with Crippen LogP contribution in [0, 0.1) is 5.92 Å². The van der Waals surface area contributed by atoms with E-state index >= 15 is 0 Å². The summed E-state index contributed by atoms with van der Waals surface area (Å²) in [6.07, 6.45) is 1.35. The first kappa shape index (κ1) is 21.9. The molecule has 0 aromatic heterocycles. The summed E-state index contributed by atoms with van der Waals surface area (Å²) in [5, 5.41) is 20.1. The lowest BCUT2D eigenvalue weighted by Crippen LogP contribution is -2.22. The Hall–Kier alpha value is -3.36. The number of para-hydroxylation sites is 1. The van der Waals surface area contributed by atoms with Crippen LogP contribution in [-0.2, 0) is 9.53 Å². The minimum Gasteiger partial charge on any atom is -0.491 e. The monoisotopic (exact) mass is 400 g/mol. The third-order valence-electron chi connectivity index (χ3n) is 3.96. The molecule has 8 heteroatoms. The van der Waals surface area contributed by atoms with Crippen LogP contribution in [-0.4, -0.2) is 35.5 Å². The number of amides is 2. The molecule has 0 heterocycles. The minimum absolute atomic E-state index is 0.0953. The number of rotatable bonds is 9. The molecule has 29 heavy (non-hydrogen) atoms. The van der Waals surface area contributed by atoms with Gasteiger partial charge in [-0.05, 0) is 29.8 Å². The number of ether oxygens (including phenoxy) is 2. The van der Waals surface area contributed by atoms with E-state index in [0.29, 0.717) is 17.0 Å². The molecule has 2 amide bonds. The molecule has 0 saturated carbocycles. The van der Waals surface area contributed by atoms with Gasteiger partial charge in [0.1, 0.15) is 18.5 Å². The summed E-state index contributed by atoms with van der Waals surface area (Å²) in [5.41, 5.74) is 2.79. The van der Waals surface area contributed by atoms with Gasteiger partial charge in [-0.25, -0.2) is 10.3 Å². The van der Waals surface area contributed by atoms with Gasteiger partial charge in [0.15, 0.2) is 0 Å². The fourth-order valence-corrected chi connectivity index (χ4v) is 2.56. The Balaban J connectivity index is 2.17. The number of hydrogen-bond donors (Lipinski definition) is 4. The normalized spacial score (nSPS) is 12.8. The van der Waals surface area contributed by atoms with Crippen molar-refractivity contribution >= 4 is 17.7 Å². The van der Waals surface area contributed by atoms with Crippen molar-refractivity contribution in [3.63, 3.8) is 0 Å². The van der Waals surface area contributed by atoms with Crippen molar-refractivity contribution in [2.24, 2.45) is 5.92 Å².